The lowest BCUT2D eigenvalue weighted by atomic mass is 9.80. The van der Waals surface area contributed by atoms with Gasteiger partial charge >= 0.3 is 0 Å². The minimum atomic E-state index is -1.53. The number of nitrogens with zero attached hydrogens (tertiary/aromatic N) is 4. The van der Waals surface area contributed by atoms with Crippen molar-refractivity contribution in [2.24, 2.45) is 5.92 Å². The number of fused-ring (bicyclic) bond motifs is 1. The van der Waals surface area contributed by atoms with Crippen LogP contribution in [0.1, 0.15) is 77.8 Å². The Morgan fingerprint density at radius 1 is 0.931 bits per heavy atom. The van der Waals surface area contributed by atoms with E-state index in [2.05, 4.69) is 64.8 Å². The van der Waals surface area contributed by atoms with Gasteiger partial charge in [-0.2, -0.15) is 4.98 Å². The molecule has 0 spiro atoms. The van der Waals surface area contributed by atoms with Crippen molar-refractivity contribution in [3.8, 4) is 11.5 Å². The average molecular weight is 815 g/mol. The van der Waals surface area contributed by atoms with Crippen LogP contribution in [-0.2, 0) is 28.9 Å². The van der Waals surface area contributed by atoms with Crippen molar-refractivity contribution < 1.29 is 32.8 Å². The van der Waals surface area contributed by atoms with Gasteiger partial charge in [0.25, 0.3) is 14.1 Å². The van der Waals surface area contributed by atoms with Gasteiger partial charge in [0, 0.05) is 24.4 Å². The molecule has 1 aliphatic rings. The number of hydrogen-bond donors (Lipinski definition) is 2. The van der Waals surface area contributed by atoms with Crippen molar-refractivity contribution >= 4 is 31.5 Å². The van der Waals surface area contributed by atoms with Crippen LogP contribution in [0.4, 0.5) is 5.95 Å². The summed E-state index contributed by atoms with van der Waals surface area (Å²) in [6, 6.07) is 26.1. The van der Waals surface area contributed by atoms with Crippen LogP contribution >= 0.6 is 8.53 Å². The summed E-state index contributed by atoms with van der Waals surface area (Å²) < 4.78 is 42.6. The van der Waals surface area contributed by atoms with Gasteiger partial charge in [-0.1, -0.05) is 68.4 Å². The molecule has 4 atom stereocenters. The third kappa shape index (κ3) is 9.12. The minimum Gasteiger partial charge on any atom is -0.497 e. The number of benzene rings is 3. The quantitative estimate of drug-likeness (QED) is 0.0659. The highest BCUT2D eigenvalue weighted by Crippen LogP contribution is 2.51. The Morgan fingerprint density at radius 2 is 1.52 bits per heavy atom. The molecule has 2 N–H and O–H groups in total. The van der Waals surface area contributed by atoms with Crippen LogP contribution in [0.3, 0.4) is 0 Å². The van der Waals surface area contributed by atoms with E-state index >= 15 is 0 Å². The van der Waals surface area contributed by atoms with E-state index in [9.17, 15) is 9.59 Å². The predicted molar refractivity (Wildman–Crippen MR) is 224 cm³/mol. The molecular formula is C43H55N6O8P. The number of H-pyrrole nitrogens is 1. The number of methoxy groups -OCH3 is 2. The number of carbonyl (C=O) groups is 1. The van der Waals surface area contributed by atoms with Crippen molar-refractivity contribution in [1.82, 2.24) is 24.2 Å². The molecule has 15 heteroatoms. The fraction of sp³-hybridized carbons (Fsp3) is 0.442. The maximum absolute atomic E-state index is 13.2. The summed E-state index contributed by atoms with van der Waals surface area (Å²) in [7, 11) is 1.75. The maximum Gasteiger partial charge on any atom is 0.280 e. The van der Waals surface area contributed by atoms with Gasteiger partial charge in [0.1, 0.15) is 29.4 Å². The van der Waals surface area contributed by atoms with Gasteiger partial charge in [-0.05, 0) is 75.6 Å². The standard InChI is InChI=1S/C43H55N6O8P/c1-10-55-58(49(28(4)5)29(6)7)57-35-24-37(48-26-44-38-39(48)45-42(47-41(38)51)46-40(50)27(2)3)56-36(35)25-54-43(30-14-12-11-13-15-30,31-16-20-33(52-8)21-17-31)32-18-22-34(53-9)23-19-32/h11-23,26-29,35-37H,10,24-25H2,1-9H3,(H2,45,46,47,50,51)/t35-,36+,37+,58?/m0/s1. The second kappa shape index (κ2) is 18.9. The van der Waals surface area contributed by atoms with E-state index in [0.717, 1.165) is 16.7 Å². The number of carbonyl (C=O) groups excluding carboxylic acids is 1. The first kappa shape index (κ1) is 42.9. The molecule has 0 saturated carbocycles. The largest absolute Gasteiger partial charge is 0.497 e. The van der Waals surface area contributed by atoms with Gasteiger partial charge in [-0.3, -0.25) is 24.5 Å². The molecule has 6 rings (SSSR count). The van der Waals surface area contributed by atoms with E-state index < -0.39 is 38.1 Å². The summed E-state index contributed by atoms with van der Waals surface area (Å²) in [6.45, 7) is 14.5. The first-order valence-electron chi connectivity index (χ1n) is 19.7. The van der Waals surface area contributed by atoms with E-state index in [-0.39, 0.29) is 47.6 Å². The molecule has 14 nitrogen and oxygen atoms in total. The molecule has 1 fully saturated rings. The summed E-state index contributed by atoms with van der Waals surface area (Å²) in [4.78, 5) is 37.4. The van der Waals surface area contributed by atoms with E-state index in [1.807, 2.05) is 73.7 Å². The van der Waals surface area contributed by atoms with Gasteiger partial charge in [0.05, 0.1) is 39.9 Å². The van der Waals surface area contributed by atoms with Crippen LogP contribution < -0.4 is 20.3 Å². The number of nitrogens with one attached hydrogen (secondary N) is 2. The molecule has 1 amide bonds. The van der Waals surface area contributed by atoms with E-state index in [4.69, 9.17) is 28.0 Å². The highest BCUT2D eigenvalue weighted by Gasteiger charge is 2.45. The molecule has 1 aliphatic heterocycles. The Kier molecular flexibility index (Phi) is 14.0. The number of aromatic amines is 1. The summed E-state index contributed by atoms with van der Waals surface area (Å²) in [5.41, 5.74) is 1.44. The monoisotopic (exact) mass is 814 g/mol. The van der Waals surface area contributed by atoms with Crippen molar-refractivity contribution in [3.63, 3.8) is 0 Å². The summed E-state index contributed by atoms with van der Waals surface area (Å²) in [5.74, 6) is 0.854. The molecule has 310 valence electrons. The lowest BCUT2D eigenvalue weighted by Gasteiger charge is -2.39. The second-order valence-electron chi connectivity index (χ2n) is 14.9. The Labute approximate surface area is 341 Å². The van der Waals surface area contributed by atoms with E-state index in [1.54, 1.807) is 32.6 Å². The van der Waals surface area contributed by atoms with Crippen LogP contribution in [0.25, 0.3) is 11.2 Å². The third-order valence-electron chi connectivity index (χ3n) is 10.0. The topological polar surface area (TPSA) is 151 Å². The van der Waals surface area contributed by atoms with E-state index in [1.165, 1.54) is 6.33 Å². The van der Waals surface area contributed by atoms with Crippen LogP contribution in [-0.4, -0.2) is 81.8 Å². The van der Waals surface area contributed by atoms with Crippen molar-refractivity contribution in [2.75, 3.05) is 32.8 Å². The number of aromatic nitrogens is 4. The molecule has 3 aromatic carbocycles. The molecule has 2 aromatic heterocycles. The molecule has 0 radical (unpaired) electrons. The number of anilines is 1. The van der Waals surface area contributed by atoms with Gasteiger partial charge in [0.15, 0.2) is 11.2 Å². The fourth-order valence-corrected chi connectivity index (χ4v) is 8.95. The molecule has 58 heavy (non-hydrogen) atoms. The van der Waals surface area contributed by atoms with Crippen LogP contribution in [0, 0.1) is 5.92 Å². The van der Waals surface area contributed by atoms with Crippen LogP contribution in [0.2, 0.25) is 0 Å². The Balaban J connectivity index is 1.44. The van der Waals surface area contributed by atoms with Crippen molar-refractivity contribution in [1.29, 1.82) is 0 Å². The van der Waals surface area contributed by atoms with Gasteiger partial charge in [-0.15, -0.1) is 0 Å². The smallest absolute Gasteiger partial charge is 0.280 e. The van der Waals surface area contributed by atoms with Crippen LogP contribution in [0.15, 0.2) is 90.0 Å². The molecule has 3 heterocycles. The number of hydrogen-bond acceptors (Lipinski definition) is 11. The zero-order valence-electron chi connectivity index (χ0n) is 34.7. The van der Waals surface area contributed by atoms with Crippen molar-refractivity contribution in [3.05, 3.63) is 112 Å². The zero-order valence-corrected chi connectivity index (χ0v) is 35.6. The lowest BCUT2D eigenvalue weighted by molar-refractivity contribution is -0.118. The number of imidazole rings is 1. The highest BCUT2D eigenvalue weighted by atomic mass is 31.2. The predicted octanol–water partition coefficient (Wildman–Crippen LogP) is 7.79. The molecule has 5 aromatic rings. The van der Waals surface area contributed by atoms with E-state index in [0.29, 0.717) is 24.5 Å². The maximum atomic E-state index is 13.2. The Bertz CT molecular complexity index is 2100. The SMILES string of the molecule is CCOP(O[C@H]1C[C@H](n2cnc3c(=O)[nH]c(NC(=O)C(C)C)nc32)O[C@@H]1COC(c1ccccc1)(c1ccc(OC)cc1)c1ccc(OC)cc1)N(C(C)C)C(C)C. The van der Waals surface area contributed by atoms with Gasteiger partial charge in [0.2, 0.25) is 11.9 Å². The fourth-order valence-electron chi connectivity index (χ4n) is 7.22. The zero-order chi connectivity index (χ0) is 41.6. The summed E-state index contributed by atoms with van der Waals surface area (Å²) >= 11 is 0. The third-order valence-corrected chi connectivity index (χ3v) is 12.3. The molecule has 0 bridgehead atoms. The number of ether oxygens (including phenoxy) is 4. The molecule has 0 aliphatic carbocycles. The summed E-state index contributed by atoms with van der Waals surface area (Å²) in [6.07, 6.45) is 0.0818. The Hall–Kier alpha value is -4.69. The normalized spacial score (nSPS) is 17.8. The molecule has 1 saturated heterocycles. The number of amides is 1. The van der Waals surface area contributed by atoms with Crippen molar-refractivity contribution in [2.45, 2.75) is 91.0 Å². The van der Waals surface area contributed by atoms with Gasteiger partial charge in [-0.25, -0.2) is 9.65 Å². The van der Waals surface area contributed by atoms with Crippen LogP contribution in [0.5, 0.6) is 11.5 Å². The molecular weight excluding hydrogens is 759 g/mol. The summed E-state index contributed by atoms with van der Waals surface area (Å²) in [5, 5.41) is 2.70. The average Bonchev–Trinajstić information content (AvgIpc) is 3.83. The lowest BCUT2D eigenvalue weighted by Crippen LogP contribution is -2.39. The van der Waals surface area contributed by atoms with Gasteiger partial charge < -0.3 is 28.0 Å². The molecule has 1 unspecified atom stereocenters. The first-order chi connectivity index (χ1) is 27.9. The first-order valence-corrected chi connectivity index (χ1v) is 20.8. The second-order valence-corrected chi connectivity index (χ2v) is 16.3. The number of rotatable bonds is 18. The minimum absolute atomic E-state index is 0.0274. The highest BCUT2D eigenvalue weighted by molar-refractivity contribution is 7.44. The Morgan fingerprint density at radius 3 is 2.05 bits per heavy atom.